The molecule has 0 aliphatic heterocycles. The average Bonchev–Trinajstić information content (AvgIpc) is 2.81. The second-order valence-corrected chi connectivity index (χ2v) is 4.45. The normalized spacial score (nSPS) is 11.4. The number of halogens is 3. The van der Waals surface area contributed by atoms with Crippen molar-refractivity contribution in [3.8, 4) is 0 Å². The first-order valence-electron chi connectivity index (χ1n) is 6.38. The minimum Gasteiger partial charge on any atom is -0.481 e. The largest absolute Gasteiger partial charge is 0.481 e. The predicted molar refractivity (Wildman–Crippen MR) is 66.3 cm³/mol. The lowest BCUT2D eigenvalue weighted by molar-refractivity contribution is -0.141. The van der Waals surface area contributed by atoms with Crippen LogP contribution in [0.2, 0.25) is 0 Å². The Morgan fingerprint density at radius 3 is 2.57 bits per heavy atom. The zero-order valence-corrected chi connectivity index (χ0v) is 11.2. The van der Waals surface area contributed by atoms with E-state index in [-0.39, 0.29) is 13.0 Å². The summed E-state index contributed by atoms with van der Waals surface area (Å²) in [6.45, 7) is 0.0665. The van der Waals surface area contributed by atoms with E-state index in [0.29, 0.717) is 25.8 Å². The fraction of sp³-hybridized carbons (Fsp3) is 0.583. The van der Waals surface area contributed by atoms with Gasteiger partial charge in [-0.05, 0) is 18.9 Å². The van der Waals surface area contributed by atoms with E-state index in [0.717, 1.165) is 16.9 Å². The van der Waals surface area contributed by atoms with Crippen molar-refractivity contribution in [1.82, 2.24) is 15.1 Å². The van der Waals surface area contributed by atoms with Crippen LogP contribution < -0.4 is 5.32 Å². The topological polar surface area (TPSA) is 84.2 Å². The first-order valence-corrected chi connectivity index (χ1v) is 6.38. The number of alkyl halides is 3. The lowest BCUT2D eigenvalue weighted by Gasteiger charge is -2.05. The summed E-state index contributed by atoms with van der Waals surface area (Å²) in [5, 5.41) is 14.2. The zero-order chi connectivity index (χ0) is 15.9. The van der Waals surface area contributed by atoms with Crippen molar-refractivity contribution in [2.45, 2.75) is 38.4 Å². The Labute approximate surface area is 118 Å². The molecule has 0 aliphatic carbocycles. The maximum Gasteiger partial charge on any atom is 0.435 e. The molecule has 0 spiro atoms. The predicted octanol–water partition coefficient (Wildman–Crippen LogP) is 1.66. The number of aliphatic carboxylic acids is 1. The molecule has 1 aromatic rings. The minimum absolute atomic E-state index is 0.0848. The first-order chi connectivity index (χ1) is 9.79. The van der Waals surface area contributed by atoms with Gasteiger partial charge in [0.05, 0.1) is 0 Å². The van der Waals surface area contributed by atoms with Gasteiger partial charge < -0.3 is 10.4 Å². The van der Waals surface area contributed by atoms with Crippen LogP contribution in [0.1, 0.15) is 31.4 Å². The number of carbonyl (C=O) groups excluding carboxylic acids is 1. The van der Waals surface area contributed by atoms with Crippen LogP contribution in [0, 0.1) is 0 Å². The lowest BCUT2D eigenvalue weighted by atomic mass is 10.2. The molecule has 1 heterocycles. The molecule has 118 valence electrons. The van der Waals surface area contributed by atoms with Crippen molar-refractivity contribution in [3.05, 3.63) is 18.0 Å². The van der Waals surface area contributed by atoms with E-state index < -0.39 is 23.7 Å². The number of nitrogens with one attached hydrogen (secondary N) is 1. The Hall–Kier alpha value is -2.06. The minimum atomic E-state index is -4.52. The molecule has 0 atom stereocenters. The van der Waals surface area contributed by atoms with Crippen LogP contribution in [0.4, 0.5) is 13.2 Å². The van der Waals surface area contributed by atoms with Gasteiger partial charge in [0.2, 0.25) is 5.91 Å². The Balaban J connectivity index is 2.22. The molecule has 1 aromatic heterocycles. The van der Waals surface area contributed by atoms with Gasteiger partial charge in [0, 0.05) is 19.2 Å². The van der Waals surface area contributed by atoms with Crippen LogP contribution in [0.15, 0.2) is 12.3 Å². The fourth-order valence-electron chi connectivity index (χ4n) is 1.61. The van der Waals surface area contributed by atoms with E-state index >= 15 is 0 Å². The Morgan fingerprint density at radius 1 is 1.29 bits per heavy atom. The average molecular weight is 307 g/mol. The summed E-state index contributed by atoms with van der Waals surface area (Å²) in [5.74, 6) is -1.30. The monoisotopic (exact) mass is 307 g/mol. The van der Waals surface area contributed by atoms with Crippen LogP contribution >= 0.6 is 0 Å². The summed E-state index contributed by atoms with van der Waals surface area (Å²) >= 11 is 0. The molecule has 0 unspecified atom stereocenters. The summed E-state index contributed by atoms with van der Waals surface area (Å²) in [6.07, 6.45) is -1.54. The second-order valence-electron chi connectivity index (χ2n) is 4.45. The van der Waals surface area contributed by atoms with Gasteiger partial charge in [-0.2, -0.15) is 18.3 Å². The molecule has 6 nitrogen and oxygen atoms in total. The van der Waals surface area contributed by atoms with Crippen LogP contribution in [0.3, 0.4) is 0 Å². The molecule has 1 amide bonds. The van der Waals surface area contributed by atoms with Crippen LogP contribution in [-0.2, 0) is 22.3 Å². The SMILES string of the molecule is O=C(O)CCCCCNC(=O)Cn1ccc(C(F)(F)F)n1. The molecule has 1 rings (SSSR count). The van der Waals surface area contributed by atoms with Gasteiger partial charge in [-0.25, -0.2) is 0 Å². The summed E-state index contributed by atoms with van der Waals surface area (Å²) < 4.78 is 37.8. The highest BCUT2D eigenvalue weighted by Gasteiger charge is 2.33. The third-order valence-electron chi connectivity index (χ3n) is 2.63. The Bertz CT molecular complexity index is 486. The van der Waals surface area contributed by atoms with Gasteiger partial charge in [-0.15, -0.1) is 0 Å². The number of hydrogen-bond donors (Lipinski definition) is 2. The van der Waals surface area contributed by atoms with Gasteiger partial charge >= 0.3 is 12.1 Å². The highest BCUT2D eigenvalue weighted by atomic mass is 19.4. The third-order valence-corrected chi connectivity index (χ3v) is 2.63. The van der Waals surface area contributed by atoms with Crippen molar-refractivity contribution in [2.75, 3.05) is 6.54 Å². The van der Waals surface area contributed by atoms with E-state index in [2.05, 4.69) is 10.4 Å². The van der Waals surface area contributed by atoms with Gasteiger partial charge in [0.1, 0.15) is 6.54 Å². The number of carboxylic acids is 1. The van der Waals surface area contributed by atoms with E-state index in [1.54, 1.807) is 0 Å². The highest BCUT2D eigenvalue weighted by molar-refractivity contribution is 5.75. The number of amides is 1. The maximum atomic E-state index is 12.3. The molecule has 0 aromatic carbocycles. The summed E-state index contributed by atoms with van der Waals surface area (Å²) in [5.41, 5.74) is -1.04. The van der Waals surface area contributed by atoms with Crippen molar-refractivity contribution < 1.29 is 27.9 Å². The van der Waals surface area contributed by atoms with Crippen molar-refractivity contribution in [2.24, 2.45) is 0 Å². The molecule has 0 saturated heterocycles. The van der Waals surface area contributed by atoms with Crippen LogP contribution in [0.25, 0.3) is 0 Å². The van der Waals surface area contributed by atoms with Gasteiger partial charge in [-0.1, -0.05) is 6.42 Å². The smallest absolute Gasteiger partial charge is 0.435 e. The van der Waals surface area contributed by atoms with E-state index in [1.807, 2.05) is 0 Å². The molecule has 9 heteroatoms. The summed E-state index contributed by atoms with van der Waals surface area (Å²) in [7, 11) is 0. The van der Waals surface area contributed by atoms with E-state index in [4.69, 9.17) is 5.11 Å². The standard InChI is InChI=1S/C12H16F3N3O3/c13-12(14,15)9-5-7-18(17-9)8-10(19)16-6-3-1-2-4-11(20)21/h5,7H,1-4,6,8H2,(H,16,19)(H,20,21). The second kappa shape index (κ2) is 7.65. The summed E-state index contributed by atoms with van der Waals surface area (Å²) in [6, 6.07) is 0.805. The molecule has 0 aliphatic rings. The van der Waals surface area contributed by atoms with Crippen molar-refractivity contribution in [1.29, 1.82) is 0 Å². The Morgan fingerprint density at radius 2 is 2.00 bits per heavy atom. The van der Waals surface area contributed by atoms with Crippen LogP contribution in [-0.4, -0.2) is 33.3 Å². The highest BCUT2D eigenvalue weighted by Crippen LogP contribution is 2.27. The fourth-order valence-corrected chi connectivity index (χ4v) is 1.61. The molecule has 0 radical (unpaired) electrons. The number of rotatable bonds is 8. The number of carbonyl (C=O) groups is 2. The molecule has 0 saturated carbocycles. The molecule has 2 N–H and O–H groups in total. The molecular weight excluding hydrogens is 291 g/mol. The third kappa shape index (κ3) is 6.77. The van der Waals surface area contributed by atoms with Gasteiger partial charge in [0.15, 0.2) is 5.69 Å². The molecule has 0 bridgehead atoms. The molecule has 21 heavy (non-hydrogen) atoms. The van der Waals surface area contributed by atoms with Crippen LogP contribution in [0.5, 0.6) is 0 Å². The molecular formula is C12H16F3N3O3. The Kier molecular flexibility index (Phi) is 6.19. The van der Waals surface area contributed by atoms with Crippen molar-refractivity contribution in [3.63, 3.8) is 0 Å². The number of aromatic nitrogens is 2. The number of unbranched alkanes of at least 4 members (excludes halogenated alkanes) is 2. The first kappa shape index (κ1) is 17.0. The van der Waals surface area contributed by atoms with Gasteiger partial charge in [-0.3, -0.25) is 14.3 Å². The van der Waals surface area contributed by atoms with Crippen molar-refractivity contribution >= 4 is 11.9 Å². The zero-order valence-electron chi connectivity index (χ0n) is 11.2. The maximum absolute atomic E-state index is 12.3. The van der Waals surface area contributed by atoms with E-state index in [1.165, 1.54) is 0 Å². The number of nitrogens with zero attached hydrogens (tertiary/aromatic N) is 2. The number of hydrogen-bond acceptors (Lipinski definition) is 3. The number of carboxylic acid groups (broad SMARTS) is 1. The molecule has 0 fully saturated rings. The lowest BCUT2D eigenvalue weighted by Crippen LogP contribution is -2.28. The van der Waals surface area contributed by atoms with Gasteiger partial charge in [0.25, 0.3) is 0 Å². The van der Waals surface area contributed by atoms with E-state index in [9.17, 15) is 22.8 Å². The quantitative estimate of drug-likeness (QED) is 0.715. The summed E-state index contributed by atoms with van der Waals surface area (Å²) in [4.78, 5) is 21.7.